The van der Waals surface area contributed by atoms with Gasteiger partial charge in [-0.25, -0.2) is 0 Å². The zero-order valence-corrected chi connectivity index (χ0v) is 43.8. The van der Waals surface area contributed by atoms with Gasteiger partial charge in [0.2, 0.25) is 0 Å². The first-order valence-corrected chi connectivity index (χ1v) is 41.9. The minimum atomic E-state index is -2.69. The normalized spacial score (nSPS) is 10.8. The molecule has 5 rings (SSSR count). The molecule has 0 aliphatic rings. The molecule has 0 atom stereocenters. The Hall–Kier alpha value is -3.89. The molecule has 0 aliphatic carbocycles. The number of hydrogen-bond acceptors (Lipinski definition) is 8. The molecule has 0 heterocycles. The van der Waals surface area contributed by atoms with Gasteiger partial charge < -0.3 is 0 Å². The van der Waals surface area contributed by atoms with Crippen LogP contribution in [0.2, 0.25) is 0 Å². The van der Waals surface area contributed by atoms with E-state index in [1.165, 1.54) is 6.54 Å². The molecule has 4 amide bonds. The topological polar surface area (TPSA) is 116 Å². The standard InChI is InChI=1S/4C10H11NOS.C6H4.2Bi/c4*1-7(2)10(12)11-8-3-5-9(13)6-4-8;1-2-4-6-5-3-1;;/h4*3-6,13H,1H2,2H3,(H,11,12);1-2,5-6H;;/q;;;;;2*+2/p-4. The van der Waals surface area contributed by atoms with Gasteiger partial charge in [0.1, 0.15) is 0 Å². The van der Waals surface area contributed by atoms with Gasteiger partial charge in [-0.15, -0.1) is 0 Å². The minimum absolute atomic E-state index is 0.210. The van der Waals surface area contributed by atoms with Crippen LogP contribution in [0.1, 0.15) is 27.7 Å². The van der Waals surface area contributed by atoms with Gasteiger partial charge in [-0.2, -0.15) is 0 Å². The summed E-state index contributed by atoms with van der Waals surface area (Å²) in [6.07, 6.45) is 0. The van der Waals surface area contributed by atoms with Crippen molar-refractivity contribution in [2.75, 3.05) is 21.3 Å². The molecule has 306 valence electrons. The Bertz CT molecular complexity index is 2090. The first kappa shape index (κ1) is 47.2. The van der Waals surface area contributed by atoms with Crippen molar-refractivity contribution in [3.63, 3.8) is 0 Å². The zero-order chi connectivity index (χ0) is 43.3. The maximum absolute atomic E-state index is 12.2. The van der Waals surface area contributed by atoms with Crippen molar-refractivity contribution < 1.29 is 19.2 Å². The van der Waals surface area contributed by atoms with E-state index in [9.17, 15) is 19.2 Å². The van der Waals surface area contributed by atoms with Crippen LogP contribution in [0.4, 0.5) is 22.7 Å². The average molecular weight is 1260 g/mol. The molecule has 0 radical (unpaired) electrons. The van der Waals surface area contributed by atoms with Gasteiger partial charge in [-0.3, -0.25) is 0 Å². The first-order valence-electron chi connectivity index (χ1n) is 18.3. The molecule has 0 saturated carbocycles. The predicted octanol–water partition coefficient (Wildman–Crippen LogP) is 10.3. The summed E-state index contributed by atoms with van der Waals surface area (Å²) in [7, 11) is 7.65. The van der Waals surface area contributed by atoms with Crippen LogP contribution in [0, 0.1) is 0 Å². The fraction of sp³-hybridized carbons (Fsp3) is 0.0870. The number of benzene rings is 5. The number of anilines is 4. The summed E-state index contributed by atoms with van der Waals surface area (Å²) in [5, 5.41) is 11.6. The quantitative estimate of drug-likeness (QED) is 0.0507. The van der Waals surface area contributed by atoms with Crippen molar-refractivity contribution in [2.24, 2.45) is 0 Å². The summed E-state index contributed by atoms with van der Waals surface area (Å²) in [6, 6.07) is 41.0. The molecular weight excluding hydrogens is 1220 g/mol. The fourth-order valence-electron chi connectivity index (χ4n) is 4.67. The van der Waals surface area contributed by atoms with E-state index < -0.39 is 37.6 Å². The maximum atomic E-state index is 12.2. The van der Waals surface area contributed by atoms with Crippen LogP contribution in [0.5, 0.6) is 0 Å². The van der Waals surface area contributed by atoms with Gasteiger partial charge in [0.25, 0.3) is 0 Å². The molecule has 0 spiro atoms. The van der Waals surface area contributed by atoms with Crippen LogP contribution >= 0.6 is 34.1 Å². The molecule has 14 heteroatoms. The van der Waals surface area contributed by atoms with E-state index in [-0.39, 0.29) is 23.6 Å². The second-order valence-electron chi connectivity index (χ2n) is 13.4. The van der Waals surface area contributed by atoms with Gasteiger partial charge in [0.15, 0.2) is 0 Å². The summed E-state index contributed by atoms with van der Waals surface area (Å²) >= 11 is -5.38. The number of nitrogens with one attached hydrogen (secondary N) is 4. The molecule has 4 N–H and O–H groups in total. The summed E-state index contributed by atoms with van der Waals surface area (Å²) in [6.45, 7) is 21.7. The summed E-state index contributed by atoms with van der Waals surface area (Å²) in [4.78, 5) is 53.4. The van der Waals surface area contributed by atoms with E-state index in [1.54, 1.807) is 27.7 Å². The third kappa shape index (κ3) is 14.6. The Morgan fingerprint density at radius 3 is 0.700 bits per heavy atom. The average Bonchev–Trinajstić information content (AvgIpc) is 3.23. The molecule has 0 aliphatic heterocycles. The molecule has 0 aromatic heterocycles. The Morgan fingerprint density at radius 2 is 0.533 bits per heavy atom. The van der Waals surface area contributed by atoms with Gasteiger partial charge >= 0.3 is 382 Å². The van der Waals surface area contributed by atoms with Crippen LogP contribution in [0.25, 0.3) is 0 Å². The van der Waals surface area contributed by atoms with Crippen LogP contribution in [-0.4, -0.2) is 61.3 Å². The van der Waals surface area contributed by atoms with Crippen LogP contribution < -0.4 is 27.8 Å². The van der Waals surface area contributed by atoms with E-state index >= 15 is 0 Å². The Morgan fingerprint density at radius 1 is 0.350 bits per heavy atom. The number of hydrogen-bond donors (Lipinski definition) is 4. The van der Waals surface area contributed by atoms with E-state index in [4.69, 9.17) is 0 Å². The van der Waals surface area contributed by atoms with Crippen molar-refractivity contribution in [2.45, 2.75) is 47.3 Å². The number of carbonyl (C=O) groups excluding carboxylic acids is 4. The van der Waals surface area contributed by atoms with Crippen molar-refractivity contribution in [1.29, 1.82) is 0 Å². The van der Waals surface area contributed by atoms with Gasteiger partial charge in [0, 0.05) is 0 Å². The first-order chi connectivity index (χ1) is 28.6. The van der Waals surface area contributed by atoms with Crippen LogP contribution in [0.15, 0.2) is 190 Å². The number of amides is 4. The monoisotopic (exact) mass is 1260 g/mol. The van der Waals surface area contributed by atoms with E-state index in [0.717, 1.165) is 19.6 Å². The van der Waals surface area contributed by atoms with E-state index in [0.29, 0.717) is 45.0 Å². The third-order valence-corrected chi connectivity index (χ3v) is 49.0. The fourth-order valence-corrected chi connectivity index (χ4v) is 45.7. The van der Waals surface area contributed by atoms with Crippen LogP contribution in [0.3, 0.4) is 0 Å². The Labute approximate surface area is 378 Å². The third-order valence-electron chi connectivity index (χ3n) is 8.02. The Balaban J connectivity index is 1.42. The SMILES string of the molecule is C=C(C)C(=O)Nc1ccc([S][Bi]([S]c2ccc(NC(=O)C(=C)C)cc2)[c]2cc[c]([Bi]([S]c3ccc(NC(=O)C(=C)C)cc3)[S]c3ccc(NC(=O)C(=C)C)cc3)cc2)cc1. The van der Waals surface area contributed by atoms with E-state index in [1.807, 2.05) is 82.6 Å². The molecule has 60 heavy (non-hydrogen) atoms. The molecular formula is C46H44Bi2N4O4S4. The van der Waals surface area contributed by atoms with Gasteiger partial charge in [0.05, 0.1) is 0 Å². The summed E-state index contributed by atoms with van der Waals surface area (Å²) in [5.74, 6) is -0.839. The van der Waals surface area contributed by atoms with E-state index in [2.05, 4.69) is 120 Å². The molecule has 0 saturated heterocycles. The summed E-state index contributed by atoms with van der Waals surface area (Å²) < 4.78 is 2.66. The van der Waals surface area contributed by atoms with Gasteiger partial charge in [-0.1, -0.05) is 0 Å². The molecule has 8 nitrogen and oxygen atoms in total. The Kier molecular flexibility index (Phi) is 17.9. The number of rotatable bonds is 18. The van der Waals surface area contributed by atoms with Crippen molar-refractivity contribution >= 4 is 125 Å². The second-order valence-corrected chi connectivity index (χ2v) is 49.5. The predicted molar refractivity (Wildman–Crippen MR) is 260 cm³/mol. The molecule has 5 aromatic carbocycles. The van der Waals surface area contributed by atoms with Crippen molar-refractivity contribution in [3.05, 3.63) is 170 Å². The van der Waals surface area contributed by atoms with Crippen molar-refractivity contribution in [1.82, 2.24) is 0 Å². The molecule has 0 unspecified atom stereocenters. The zero-order valence-electron chi connectivity index (χ0n) is 33.5. The number of carbonyl (C=O) groups is 4. The summed E-state index contributed by atoms with van der Waals surface area (Å²) in [5.41, 5.74) is 4.65. The molecule has 5 aromatic rings. The van der Waals surface area contributed by atoms with Crippen LogP contribution in [-0.2, 0) is 19.2 Å². The second kappa shape index (κ2) is 22.8. The molecule has 0 bridgehead atoms. The van der Waals surface area contributed by atoms with Gasteiger partial charge in [-0.05, 0) is 0 Å². The molecule has 0 fully saturated rings. The van der Waals surface area contributed by atoms with Crippen molar-refractivity contribution in [3.8, 4) is 0 Å².